The maximum atomic E-state index is 8.56. The van der Waals surface area contributed by atoms with Crippen LogP contribution in [0.1, 0.15) is 17.2 Å². The van der Waals surface area contributed by atoms with E-state index < -0.39 is 0 Å². The molecule has 56 valence electrons. The minimum absolute atomic E-state index is 0.159. The van der Waals surface area contributed by atoms with Crippen molar-refractivity contribution in [3.8, 4) is 0 Å². The summed E-state index contributed by atoms with van der Waals surface area (Å²) in [6.45, 7) is 4.09. The van der Waals surface area contributed by atoms with Crippen molar-refractivity contribution in [3.05, 3.63) is 17.2 Å². The van der Waals surface area contributed by atoms with E-state index >= 15 is 0 Å². The van der Waals surface area contributed by atoms with Crippen LogP contribution < -0.4 is 0 Å². The van der Waals surface area contributed by atoms with Crippen LogP contribution in [0.15, 0.2) is 0 Å². The van der Waals surface area contributed by atoms with Crippen LogP contribution in [0.3, 0.4) is 0 Å². The summed E-state index contributed by atoms with van der Waals surface area (Å²) >= 11 is 0. The van der Waals surface area contributed by atoms with Gasteiger partial charge in [-0.05, 0) is 13.8 Å². The molecule has 1 rings (SSSR count). The lowest BCUT2D eigenvalue weighted by Crippen LogP contribution is -1.92. The van der Waals surface area contributed by atoms with Crippen LogP contribution >= 0.6 is 0 Å². The highest BCUT2D eigenvalue weighted by Gasteiger charge is 1.99. The Hall–Kier alpha value is -0.830. The van der Waals surface area contributed by atoms with Crippen molar-refractivity contribution in [1.29, 1.82) is 0 Å². The molecule has 0 atom stereocenters. The molecule has 0 aliphatic rings. The second-order valence-electron chi connectivity index (χ2n) is 2.37. The van der Waals surface area contributed by atoms with Gasteiger partial charge < -0.3 is 10.1 Å². The topological polar surface area (TPSA) is 48.9 Å². The second kappa shape index (κ2) is 2.84. The highest BCUT2D eigenvalue weighted by atomic mass is 16.3. The monoisotopic (exact) mass is 140 g/mol. The van der Waals surface area contributed by atoms with Crippen LogP contribution in [0.4, 0.5) is 0 Å². The Labute approximate surface area is 60.1 Å². The summed E-state index contributed by atoms with van der Waals surface area (Å²) in [6, 6.07) is 0. The van der Waals surface area contributed by atoms with Gasteiger partial charge in [-0.2, -0.15) is 0 Å². The summed E-state index contributed by atoms with van der Waals surface area (Å²) in [4.78, 5) is 7.26. The van der Waals surface area contributed by atoms with Gasteiger partial charge in [-0.25, -0.2) is 4.98 Å². The van der Waals surface area contributed by atoms with E-state index in [4.69, 9.17) is 5.11 Å². The number of hydrogen-bond donors (Lipinski definition) is 2. The first-order valence-corrected chi connectivity index (χ1v) is 3.37. The number of nitrogens with zero attached hydrogens (tertiary/aromatic N) is 1. The third-order valence-corrected chi connectivity index (χ3v) is 1.53. The third kappa shape index (κ3) is 1.36. The van der Waals surface area contributed by atoms with Gasteiger partial charge in [-0.3, -0.25) is 0 Å². The number of aliphatic hydroxyl groups excluding tert-OH is 1. The summed E-state index contributed by atoms with van der Waals surface area (Å²) in [7, 11) is 0. The summed E-state index contributed by atoms with van der Waals surface area (Å²) in [6.07, 6.45) is 0.620. The minimum atomic E-state index is 0.159. The Morgan fingerprint density at radius 2 is 2.20 bits per heavy atom. The predicted octanol–water partition coefficient (Wildman–Crippen LogP) is 0.561. The summed E-state index contributed by atoms with van der Waals surface area (Å²) in [5.41, 5.74) is 2.10. The van der Waals surface area contributed by atoms with Crippen molar-refractivity contribution in [2.24, 2.45) is 0 Å². The molecule has 0 fully saturated rings. The lowest BCUT2D eigenvalue weighted by atomic mass is 10.4. The Bertz CT molecular complexity index is 198. The molecule has 10 heavy (non-hydrogen) atoms. The molecule has 0 aliphatic carbocycles. The number of aromatic nitrogens is 2. The zero-order chi connectivity index (χ0) is 7.56. The van der Waals surface area contributed by atoms with Crippen molar-refractivity contribution < 1.29 is 5.11 Å². The standard InChI is InChI=1S/C7H12N2O/c1-5-6(2)9-7(8-5)3-4-10/h10H,3-4H2,1-2H3,(H,8,9). The average molecular weight is 140 g/mol. The van der Waals surface area contributed by atoms with E-state index in [-0.39, 0.29) is 6.61 Å². The van der Waals surface area contributed by atoms with Crippen molar-refractivity contribution >= 4 is 0 Å². The van der Waals surface area contributed by atoms with Gasteiger partial charge in [-0.15, -0.1) is 0 Å². The summed E-state index contributed by atoms with van der Waals surface area (Å²) in [5.74, 6) is 0.873. The number of aliphatic hydroxyl groups is 1. The first-order valence-electron chi connectivity index (χ1n) is 3.37. The number of aromatic amines is 1. The SMILES string of the molecule is Cc1nc(CCO)[nH]c1C. The van der Waals surface area contributed by atoms with Crippen LogP contribution in [0, 0.1) is 13.8 Å². The molecule has 1 aromatic heterocycles. The zero-order valence-corrected chi connectivity index (χ0v) is 6.31. The Balaban J connectivity index is 2.77. The van der Waals surface area contributed by atoms with Gasteiger partial charge in [0.25, 0.3) is 0 Å². The fourth-order valence-electron chi connectivity index (χ4n) is 0.845. The molecule has 0 radical (unpaired) electrons. The van der Waals surface area contributed by atoms with E-state index in [1.165, 1.54) is 0 Å². The van der Waals surface area contributed by atoms with Gasteiger partial charge in [0.15, 0.2) is 0 Å². The van der Waals surface area contributed by atoms with Crippen molar-refractivity contribution in [2.45, 2.75) is 20.3 Å². The van der Waals surface area contributed by atoms with Crippen molar-refractivity contribution in [3.63, 3.8) is 0 Å². The molecular formula is C7H12N2O. The first-order chi connectivity index (χ1) is 4.74. The number of H-pyrrole nitrogens is 1. The molecule has 0 saturated carbocycles. The molecule has 0 spiro atoms. The minimum Gasteiger partial charge on any atom is -0.396 e. The number of nitrogens with one attached hydrogen (secondary N) is 1. The zero-order valence-electron chi connectivity index (χ0n) is 6.31. The first kappa shape index (κ1) is 7.28. The van der Waals surface area contributed by atoms with E-state index in [2.05, 4.69) is 9.97 Å². The molecule has 1 aromatic rings. The van der Waals surface area contributed by atoms with Gasteiger partial charge in [0.1, 0.15) is 5.82 Å². The largest absolute Gasteiger partial charge is 0.396 e. The quantitative estimate of drug-likeness (QED) is 0.630. The number of imidazole rings is 1. The van der Waals surface area contributed by atoms with E-state index in [9.17, 15) is 0 Å². The Morgan fingerprint density at radius 3 is 2.60 bits per heavy atom. The summed E-state index contributed by atoms with van der Waals surface area (Å²) < 4.78 is 0. The van der Waals surface area contributed by atoms with E-state index in [0.29, 0.717) is 6.42 Å². The van der Waals surface area contributed by atoms with E-state index in [0.717, 1.165) is 17.2 Å². The van der Waals surface area contributed by atoms with Crippen molar-refractivity contribution in [1.82, 2.24) is 9.97 Å². The number of rotatable bonds is 2. The van der Waals surface area contributed by atoms with Gasteiger partial charge in [0, 0.05) is 12.1 Å². The molecule has 2 N–H and O–H groups in total. The fraction of sp³-hybridized carbons (Fsp3) is 0.571. The lowest BCUT2D eigenvalue weighted by molar-refractivity contribution is 0.297. The predicted molar refractivity (Wildman–Crippen MR) is 38.9 cm³/mol. The van der Waals surface area contributed by atoms with Crippen molar-refractivity contribution in [2.75, 3.05) is 6.61 Å². The molecule has 1 heterocycles. The van der Waals surface area contributed by atoms with Crippen LogP contribution in [-0.2, 0) is 6.42 Å². The number of hydrogen-bond acceptors (Lipinski definition) is 2. The molecule has 3 nitrogen and oxygen atoms in total. The Morgan fingerprint density at radius 1 is 1.50 bits per heavy atom. The molecule has 0 aromatic carbocycles. The third-order valence-electron chi connectivity index (χ3n) is 1.53. The molecule has 0 unspecified atom stereocenters. The molecule has 0 saturated heterocycles. The smallest absolute Gasteiger partial charge is 0.108 e. The van der Waals surface area contributed by atoms with E-state index in [1.54, 1.807) is 0 Å². The Kier molecular flexibility index (Phi) is 2.06. The normalized spacial score (nSPS) is 10.3. The highest BCUT2D eigenvalue weighted by molar-refractivity contribution is 5.10. The van der Waals surface area contributed by atoms with Crippen LogP contribution in [0.25, 0.3) is 0 Å². The molecular weight excluding hydrogens is 128 g/mol. The summed E-state index contributed by atoms with van der Waals surface area (Å²) in [5, 5.41) is 8.56. The second-order valence-corrected chi connectivity index (χ2v) is 2.37. The average Bonchev–Trinajstić information content (AvgIpc) is 2.14. The van der Waals surface area contributed by atoms with Gasteiger partial charge in [0.2, 0.25) is 0 Å². The fourth-order valence-corrected chi connectivity index (χ4v) is 0.845. The highest BCUT2D eigenvalue weighted by Crippen LogP contribution is 2.02. The molecule has 0 amide bonds. The molecule has 3 heteroatoms. The number of aryl methyl sites for hydroxylation is 2. The molecule has 0 aliphatic heterocycles. The molecule has 0 bridgehead atoms. The van der Waals surface area contributed by atoms with Gasteiger partial charge >= 0.3 is 0 Å². The van der Waals surface area contributed by atoms with Crippen LogP contribution in [-0.4, -0.2) is 21.7 Å². The van der Waals surface area contributed by atoms with Crippen LogP contribution in [0.2, 0.25) is 0 Å². The maximum absolute atomic E-state index is 8.56. The maximum Gasteiger partial charge on any atom is 0.108 e. The van der Waals surface area contributed by atoms with Crippen LogP contribution in [0.5, 0.6) is 0 Å². The van der Waals surface area contributed by atoms with Gasteiger partial charge in [-0.1, -0.05) is 0 Å². The van der Waals surface area contributed by atoms with Gasteiger partial charge in [0.05, 0.1) is 12.3 Å². The lowest BCUT2D eigenvalue weighted by Gasteiger charge is -1.87. The van der Waals surface area contributed by atoms with E-state index in [1.807, 2.05) is 13.8 Å².